The molecular formula is C32H39FN8O4. The predicted molar refractivity (Wildman–Crippen MR) is 163 cm³/mol. The first-order valence-electron chi connectivity index (χ1n) is 15.4. The predicted octanol–water partition coefficient (Wildman–Crippen LogP) is 1.99. The molecule has 1 aromatic heterocycles. The number of hydrogen-bond donors (Lipinski definition) is 2. The van der Waals surface area contributed by atoms with Gasteiger partial charge < -0.3 is 20.4 Å². The monoisotopic (exact) mass is 618 g/mol. The molecular weight excluding hydrogens is 579 g/mol. The first-order valence-corrected chi connectivity index (χ1v) is 15.4. The van der Waals surface area contributed by atoms with Gasteiger partial charge in [0.05, 0.1) is 24.2 Å². The molecule has 3 heterocycles. The van der Waals surface area contributed by atoms with Gasteiger partial charge in [-0.3, -0.25) is 19.2 Å². The Kier molecular flexibility index (Phi) is 9.84. The maximum absolute atomic E-state index is 14.8. The average Bonchev–Trinajstić information content (AvgIpc) is 3.68. The molecule has 1 saturated heterocycles. The number of hydrogen-bond acceptors (Lipinski definition) is 7. The number of amides is 4. The van der Waals surface area contributed by atoms with E-state index < -0.39 is 23.8 Å². The van der Waals surface area contributed by atoms with Gasteiger partial charge in [-0.15, -0.1) is 5.10 Å². The lowest BCUT2D eigenvalue weighted by atomic mass is 10.0. The molecule has 238 valence electrons. The molecule has 0 spiro atoms. The van der Waals surface area contributed by atoms with Gasteiger partial charge in [0.1, 0.15) is 11.9 Å². The van der Waals surface area contributed by atoms with Gasteiger partial charge in [-0.05, 0) is 84.3 Å². The molecule has 2 aliphatic heterocycles. The fraction of sp³-hybridized carbons (Fsp3) is 0.469. The molecule has 45 heavy (non-hydrogen) atoms. The SMILES string of the molecule is Cc1nnnn1-c1ccc(CC(=O)N2CC(=O)NCCCc3ccc(F)c(c3)C(=O)N3CCC[C@H]3C(=O)N[C@H](C(C)C)C2)cc1. The van der Waals surface area contributed by atoms with Crippen molar-refractivity contribution < 1.29 is 23.6 Å². The number of halogens is 1. The van der Waals surface area contributed by atoms with Crippen LogP contribution in [0, 0.1) is 18.7 Å². The third-order valence-electron chi connectivity index (χ3n) is 8.44. The topological polar surface area (TPSA) is 142 Å². The number of benzene rings is 2. The van der Waals surface area contributed by atoms with Gasteiger partial charge in [0.2, 0.25) is 17.7 Å². The Morgan fingerprint density at radius 1 is 1.09 bits per heavy atom. The number of aryl methyl sites for hydroxylation is 2. The Morgan fingerprint density at radius 2 is 1.87 bits per heavy atom. The summed E-state index contributed by atoms with van der Waals surface area (Å²) >= 11 is 0. The molecule has 0 saturated carbocycles. The molecule has 4 amide bonds. The van der Waals surface area contributed by atoms with Crippen molar-refractivity contribution in [2.45, 2.75) is 65.0 Å². The van der Waals surface area contributed by atoms with E-state index in [2.05, 4.69) is 26.2 Å². The van der Waals surface area contributed by atoms with Gasteiger partial charge in [0.25, 0.3) is 5.91 Å². The zero-order chi connectivity index (χ0) is 32.1. The Hall–Kier alpha value is -4.68. The zero-order valence-corrected chi connectivity index (χ0v) is 25.8. The maximum atomic E-state index is 14.8. The van der Waals surface area contributed by atoms with Crippen molar-refractivity contribution in [1.29, 1.82) is 0 Å². The Morgan fingerprint density at radius 3 is 2.58 bits per heavy atom. The molecule has 5 rings (SSSR count). The van der Waals surface area contributed by atoms with Crippen molar-refractivity contribution in [2.24, 2.45) is 5.92 Å². The van der Waals surface area contributed by atoms with Crippen LogP contribution in [0.2, 0.25) is 0 Å². The van der Waals surface area contributed by atoms with E-state index in [4.69, 9.17) is 0 Å². The minimum Gasteiger partial charge on any atom is -0.355 e. The molecule has 12 nitrogen and oxygen atoms in total. The van der Waals surface area contributed by atoms with Crippen LogP contribution >= 0.6 is 0 Å². The molecule has 1 fully saturated rings. The van der Waals surface area contributed by atoms with Crippen LogP contribution in [0.15, 0.2) is 42.5 Å². The standard InChI is InChI=1S/C32H39FN8O4/c1-20(2)27-18-39(30(43)17-23-8-11-24(12-9-23)41-21(3)36-37-38-41)19-29(42)34-14-4-6-22-10-13-26(33)25(16-22)32(45)40-15-5-7-28(40)31(44)35-27/h8-13,16,20,27-28H,4-7,14-15,17-19H2,1-3H3,(H,34,42)(H,35,44)/t27-,28-/m0/s1. The number of nitrogens with one attached hydrogen (secondary N) is 2. The lowest BCUT2D eigenvalue weighted by Crippen LogP contribution is -2.55. The van der Waals surface area contributed by atoms with Crippen LogP contribution in [0.5, 0.6) is 0 Å². The van der Waals surface area contributed by atoms with Crippen molar-refractivity contribution in [3.63, 3.8) is 0 Å². The second-order valence-corrected chi connectivity index (χ2v) is 12.0. The average molecular weight is 619 g/mol. The largest absolute Gasteiger partial charge is 0.355 e. The molecule has 0 aliphatic carbocycles. The van der Waals surface area contributed by atoms with Gasteiger partial charge >= 0.3 is 0 Å². The van der Waals surface area contributed by atoms with E-state index in [9.17, 15) is 23.6 Å². The molecule has 2 N–H and O–H groups in total. The molecule has 2 atom stereocenters. The van der Waals surface area contributed by atoms with Crippen LogP contribution in [0.1, 0.15) is 60.4 Å². The van der Waals surface area contributed by atoms with Gasteiger partial charge in [0.15, 0.2) is 5.82 Å². The summed E-state index contributed by atoms with van der Waals surface area (Å²) in [6.07, 6.45) is 2.20. The lowest BCUT2D eigenvalue weighted by Gasteiger charge is -2.32. The number of tetrazole rings is 1. The summed E-state index contributed by atoms with van der Waals surface area (Å²) in [5, 5.41) is 17.4. The zero-order valence-electron chi connectivity index (χ0n) is 25.8. The van der Waals surface area contributed by atoms with Crippen molar-refractivity contribution in [1.82, 2.24) is 40.6 Å². The van der Waals surface area contributed by atoms with Gasteiger partial charge in [0, 0.05) is 25.7 Å². The van der Waals surface area contributed by atoms with Crippen molar-refractivity contribution in [3.8, 4) is 5.69 Å². The van der Waals surface area contributed by atoms with E-state index in [0.29, 0.717) is 44.6 Å². The van der Waals surface area contributed by atoms with E-state index >= 15 is 0 Å². The van der Waals surface area contributed by atoms with Gasteiger partial charge in [-0.2, -0.15) is 4.68 Å². The second-order valence-electron chi connectivity index (χ2n) is 12.0. The number of aromatic nitrogens is 4. The number of nitrogens with zero attached hydrogens (tertiary/aromatic N) is 6. The molecule has 2 aliphatic rings. The highest BCUT2D eigenvalue weighted by atomic mass is 19.1. The number of carbonyl (C=O) groups excluding carboxylic acids is 4. The summed E-state index contributed by atoms with van der Waals surface area (Å²) in [6, 6.07) is 10.5. The second kappa shape index (κ2) is 14.0. The van der Waals surface area contributed by atoms with E-state index in [1.54, 1.807) is 23.7 Å². The van der Waals surface area contributed by atoms with Crippen LogP contribution < -0.4 is 10.6 Å². The normalized spacial score (nSPS) is 20.1. The van der Waals surface area contributed by atoms with Crippen molar-refractivity contribution in [2.75, 3.05) is 26.2 Å². The smallest absolute Gasteiger partial charge is 0.257 e. The van der Waals surface area contributed by atoms with Crippen molar-refractivity contribution >= 4 is 23.6 Å². The number of carbonyl (C=O) groups is 4. The number of fused-ring (bicyclic) bond motifs is 3. The highest BCUT2D eigenvalue weighted by molar-refractivity contribution is 5.98. The molecule has 3 aromatic rings. The maximum Gasteiger partial charge on any atom is 0.257 e. The number of rotatable bonds is 4. The summed E-state index contributed by atoms with van der Waals surface area (Å²) in [4.78, 5) is 56.7. The highest BCUT2D eigenvalue weighted by Gasteiger charge is 2.37. The minimum absolute atomic E-state index is 0.0486. The Balaban J connectivity index is 1.37. The molecule has 0 radical (unpaired) electrons. The first-order chi connectivity index (χ1) is 21.6. The van der Waals surface area contributed by atoms with E-state index in [1.165, 1.54) is 15.9 Å². The van der Waals surface area contributed by atoms with Crippen LogP contribution in [0.25, 0.3) is 5.69 Å². The van der Waals surface area contributed by atoms with Crippen LogP contribution in [-0.2, 0) is 27.2 Å². The van der Waals surface area contributed by atoms with Gasteiger partial charge in [-0.25, -0.2) is 4.39 Å². The fourth-order valence-corrected chi connectivity index (χ4v) is 5.78. The minimum atomic E-state index is -0.757. The Labute approximate surface area is 261 Å². The van der Waals surface area contributed by atoms with Crippen LogP contribution in [-0.4, -0.2) is 91.9 Å². The summed E-state index contributed by atoms with van der Waals surface area (Å²) < 4.78 is 16.4. The Bertz CT molecular complexity index is 1560. The van der Waals surface area contributed by atoms with Crippen LogP contribution in [0.4, 0.5) is 4.39 Å². The first kappa shape index (κ1) is 31.7. The van der Waals surface area contributed by atoms with E-state index in [1.807, 2.05) is 38.1 Å². The summed E-state index contributed by atoms with van der Waals surface area (Å²) in [5.41, 5.74) is 2.21. The molecule has 0 unspecified atom stereocenters. The van der Waals surface area contributed by atoms with E-state index in [-0.39, 0.29) is 48.7 Å². The molecule has 13 heteroatoms. The summed E-state index contributed by atoms with van der Waals surface area (Å²) in [7, 11) is 0. The molecule has 2 aromatic carbocycles. The molecule has 2 bridgehead atoms. The third kappa shape index (κ3) is 7.52. The quantitative estimate of drug-likeness (QED) is 0.456. The third-order valence-corrected chi connectivity index (χ3v) is 8.44. The lowest BCUT2D eigenvalue weighted by molar-refractivity contribution is -0.136. The summed E-state index contributed by atoms with van der Waals surface area (Å²) in [6.45, 7) is 6.27. The highest BCUT2D eigenvalue weighted by Crippen LogP contribution is 2.23. The van der Waals surface area contributed by atoms with E-state index in [0.717, 1.165) is 16.8 Å². The van der Waals surface area contributed by atoms with Gasteiger partial charge in [-0.1, -0.05) is 32.0 Å². The fourth-order valence-electron chi connectivity index (χ4n) is 5.78. The van der Waals surface area contributed by atoms with Crippen molar-refractivity contribution in [3.05, 3.63) is 70.8 Å². The summed E-state index contributed by atoms with van der Waals surface area (Å²) in [5.74, 6) is -1.54. The van der Waals surface area contributed by atoms with Crippen LogP contribution in [0.3, 0.4) is 0 Å².